The first-order valence-electron chi connectivity index (χ1n) is 7.29. The third-order valence-electron chi connectivity index (χ3n) is 3.59. The Morgan fingerprint density at radius 3 is 2.73 bits per heavy atom. The van der Waals surface area contributed by atoms with E-state index < -0.39 is 4.92 Å². The highest BCUT2D eigenvalue weighted by Gasteiger charge is 2.22. The molecule has 1 aliphatic rings. The number of piperazine rings is 1. The summed E-state index contributed by atoms with van der Waals surface area (Å²) in [4.78, 5) is 24.2. The van der Waals surface area contributed by atoms with Crippen LogP contribution in [0.25, 0.3) is 0 Å². The van der Waals surface area contributed by atoms with Crippen molar-refractivity contribution in [1.29, 1.82) is 0 Å². The number of carbonyl (C=O) groups is 1. The Bertz CT molecular complexity index is 556. The van der Waals surface area contributed by atoms with Crippen LogP contribution in [0.4, 0.5) is 5.69 Å². The van der Waals surface area contributed by atoms with Crippen molar-refractivity contribution >= 4 is 11.6 Å². The smallest absolute Gasteiger partial charge is 0.311 e. The summed E-state index contributed by atoms with van der Waals surface area (Å²) >= 11 is 0. The van der Waals surface area contributed by atoms with Crippen molar-refractivity contribution < 1.29 is 19.4 Å². The first-order chi connectivity index (χ1) is 10.5. The molecule has 2 N–H and O–H groups in total. The van der Waals surface area contributed by atoms with Gasteiger partial charge in [0.25, 0.3) is 5.91 Å². The van der Waals surface area contributed by atoms with Gasteiger partial charge in [0.2, 0.25) is 0 Å². The minimum atomic E-state index is -0.541. The molecular weight excluding hydrogens is 288 g/mol. The van der Waals surface area contributed by atoms with Gasteiger partial charge in [-0.25, -0.2) is 5.01 Å². The minimum absolute atomic E-state index is 0.173. The number of nitro benzene ring substituents is 1. The van der Waals surface area contributed by atoms with Crippen LogP contribution in [-0.4, -0.2) is 55.7 Å². The number of amides is 1. The van der Waals surface area contributed by atoms with Crippen molar-refractivity contribution in [3.8, 4) is 5.75 Å². The van der Waals surface area contributed by atoms with Crippen molar-refractivity contribution in [2.45, 2.75) is 6.92 Å². The van der Waals surface area contributed by atoms with Crippen molar-refractivity contribution in [2.24, 2.45) is 0 Å². The lowest BCUT2D eigenvalue weighted by Crippen LogP contribution is -3.12. The molecule has 1 heterocycles. The van der Waals surface area contributed by atoms with Gasteiger partial charge in [-0.2, -0.15) is 0 Å². The van der Waals surface area contributed by atoms with Gasteiger partial charge in [0.1, 0.15) is 0 Å². The maximum Gasteiger partial charge on any atom is 0.311 e. The van der Waals surface area contributed by atoms with E-state index in [2.05, 4.69) is 12.5 Å². The fourth-order valence-electron chi connectivity index (χ4n) is 2.29. The van der Waals surface area contributed by atoms with Gasteiger partial charge < -0.3 is 9.64 Å². The lowest BCUT2D eigenvalue weighted by molar-refractivity contribution is -0.884. The number of likely N-dealkylation sites (N-methyl/N-ethyl adjacent to an activating group) is 1. The van der Waals surface area contributed by atoms with Crippen LogP contribution in [0.1, 0.15) is 17.3 Å². The Balaban J connectivity index is 2.09. The van der Waals surface area contributed by atoms with E-state index in [0.29, 0.717) is 6.61 Å². The van der Waals surface area contributed by atoms with Crippen LogP contribution in [0, 0.1) is 10.1 Å². The van der Waals surface area contributed by atoms with Crippen LogP contribution in [0.3, 0.4) is 0 Å². The molecule has 1 aromatic rings. The number of nitrogens with one attached hydrogen (secondary N) is 2. The average Bonchev–Trinajstić information content (AvgIpc) is 2.50. The zero-order valence-corrected chi connectivity index (χ0v) is 12.8. The Hall–Kier alpha value is -2.19. The number of hydrazine groups is 1. The molecule has 1 fully saturated rings. The summed E-state index contributed by atoms with van der Waals surface area (Å²) < 4.78 is 5.21. The van der Waals surface area contributed by atoms with Gasteiger partial charge in [0.15, 0.2) is 5.75 Å². The monoisotopic (exact) mass is 309 g/mol. The normalized spacial score (nSPS) is 16.3. The number of quaternary nitrogens is 1. The molecule has 1 aliphatic heterocycles. The average molecular weight is 309 g/mol. The SMILES string of the molecule is CCOc1ccc(C(=O)NN2CC[NH+](C)CC2)cc1[N+](=O)[O-]. The van der Waals surface area contributed by atoms with E-state index in [0.717, 1.165) is 26.2 Å². The highest BCUT2D eigenvalue weighted by molar-refractivity contribution is 5.94. The maximum atomic E-state index is 12.2. The van der Waals surface area contributed by atoms with Crippen molar-refractivity contribution in [3.63, 3.8) is 0 Å². The largest absolute Gasteiger partial charge is 0.487 e. The van der Waals surface area contributed by atoms with Gasteiger partial charge in [-0.1, -0.05) is 0 Å². The zero-order valence-electron chi connectivity index (χ0n) is 12.8. The van der Waals surface area contributed by atoms with Gasteiger partial charge in [-0.3, -0.25) is 20.3 Å². The number of nitrogens with zero attached hydrogens (tertiary/aromatic N) is 2. The van der Waals surface area contributed by atoms with Crippen LogP contribution >= 0.6 is 0 Å². The zero-order chi connectivity index (χ0) is 16.1. The third-order valence-corrected chi connectivity index (χ3v) is 3.59. The molecule has 120 valence electrons. The molecule has 1 amide bonds. The van der Waals surface area contributed by atoms with Gasteiger partial charge in [-0.15, -0.1) is 0 Å². The van der Waals surface area contributed by atoms with Crippen molar-refractivity contribution in [1.82, 2.24) is 10.4 Å². The fourth-order valence-corrected chi connectivity index (χ4v) is 2.29. The highest BCUT2D eigenvalue weighted by atomic mass is 16.6. The molecule has 22 heavy (non-hydrogen) atoms. The Labute approximate surface area is 128 Å². The van der Waals surface area contributed by atoms with Gasteiger partial charge >= 0.3 is 5.69 Å². The Morgan fingerprint density at radius 2 is 2.14 bits per heavy atom. The number of rotatable bonds is 5. The second-order valence-corrected chi connectivity index (χ2v) is 5.26. The van der Waals surface area contributed by atoms with Crippen molar-refractivity contribution in [3.05, 3.63) is 33.9 Å². The van der Waals surface area contributed by atoms with E-state index in [-0.39, 0.29) is 22.9 Å². The second kappa shape index (κ2) is 7.19. The molecule has 0 aromatic heterocycles. The third kappa shape index (κ3) is 3.92. The van der Waals surface area contributed by atoms with E-state index in [4.69, 9.17) is 4.74 Å². The predicted octanol–water partition coefficient (Wildman–Crippen LogP) is -0.531. The van der Waals surface area contributed by atoms with Gasteiger partial charge in [0, 0.05) is 11.6 Å². The number of benzene rings is 1. The maximum absolute atomic E-state index is 12.2. The fraction of sp³-hybridized carbons (Fsp3) is 0.500. The summed E-state index contributed by atoms with van der Waals surface area (Å²) in [7, 11) is 2.11. The number of nitro groups is 1. The van der Waals surface area contributed by atoms with Crippen LogP contribution in [0.5, 0.6) is 5.75 Å². The van der Waals surface area contributed by atoms with Crippen LogP contribution < -0.4 is 15.1 Å². The molecule has 1 aromatic carbocycles. The Morgan fingerprint density at radius 1 is 1.45 bits per heavy atom. The van der Waals surface area contributed by atoms with Gasteiger partial charge in [-0.05, 0) is 19.1 Å². The molecule has 8 heteroatoms. The molecule has 0 radical (unpaired) electrons. The van der Waals surface area contributed by atoms with E-state index in [1.165, 1.54) is 23.1 Å². The predicted molar refractivity (Wildman–Crippen MR) is 79.9 cm³/mol. The highest BCUT2D eigenvalue weighted by Crippen LogP contribution is 2.27. The number of carbonyl (C=O) groups excluding carboxylic acids is 1. The molecule has 1 saturated heterocycles. The summed E-state index contributed by atoms with van der Waals surface area (Å²) in [5.41, 5.74) is 2.85. The lowest BCUT2D eigenvalue weighted by atomic mass is 10.2. The summed E-state index contributed by atoms with van der Waals surface area (Å²) in [5, 5.41) is 12.9. The van der Waals surface area contributed by atoms with Crippen LogP contribution in [-0.2, 0) is 0 Å². The summed E-state index contributed by atoms with van der Waals surface area (Å²) in [5.74, 6) is -0.169. The van der Waals surface area contributed by atoms with Crippen LogP contribution in [0.15, 0.2) is 18.2 Å². The number of ether oxygens (including phenoxy) is 1. The molecular formula is C14H21N4O4+. The van der Waals surface area contributed by atoms with E-state index in [1.54, 1.807) is 6.92 Å². The first-order valence-corrected chi connectivity index (χ1v) is 7.29. The Kier molecular flexibility index (Phi) is 5.29. The molecule has 0 spiro atoms. The summed E-state index contributed by atoms with van der Waals surface area (Å²) in [6.45, 7) is 5.50. The van der Waals surface area contributed by atoms with Crippen LogP contribution in [0.2, 0.25) is 0 Å². The van der Waals surface area contributed by atoms with Gasteiger partial charge in [0.05, 0.1) is 44.8 Å². The first kappa shape index (κ1) is 16.2. The number of hydrogen-bond donors (Lipinski definition) is 2. The van der Waals surface area contributed by atoms with E-state index >= 15 is 0 Å². The number of hydrogen-bond acceptors (Lipinski definition) is 5. The summed E-state index contributed by atoms with van der Waals surface area (Å²) in [6.07, 6.45) is 0. The molecule has 0 unspecified atom stereocenters. The lowest BCUT2D eigenvalue weighted by Gasteiger charge is -2.30. The van der Waals surface area contributed by atoms with E-state index in [9.17, 15) is 14.9 Å². The summed E-state index contributed by atoms with van der Waals surface area (Å²) in [6, 6.07) is 4.25. The molecule has 2 rings (SSSR count). The topological polar surface area (TPSA) is 89.2 Å². The second-order valence-electron chi connectivity index (χ2n) is 5.26. The molecule has 0 atom stereocenters. The molecule has 0 aliphatic carbocycles. The molecule has 8 nitrogen and oxygen atoms in total. The minimum Gasteiger partial charge on any atom is -0.487 e. The standard InChI is InChI=1S/C14H20N4O4/c1-3-22-13-5-4-11(10-12(13)18(20)21)14(19)15-17-8-6-16(2)7-9-17/h4-5,10H,3,6-9H2,1-2H3,(H,15,19)/p+1. The van der Waals surface area contributed by atoms with E-state index in [1.807, 2.05) is 5.01 Å². The molecule has 0 saturated carbocycles. The van der Waals surface area contributed by atoms with Crippen molar-refractivity contribution in [2.75, 3.05) is 39.8 Å². The molecule has 0 bridgehead atoms. The quantitative estimate of drug-likeness (QED) is 0.564.